The molecule has 0 fully saturated rings. The van der Waals surface area contributed by atoms with Gasteiger partial charge in [-0.3, -0.25) is 9.78 Å². The predicted molar refractivity (Wildman–Crippen MR) is 102 cm³/mol. The maximum absolute atomic E-state index is 13.2. The summed E-state index contributed by atoms with van der Waals surface area (Å²) in [6.45, 7) is 7.32. The Balaban J connectivity index is 2.29. The van der Waals surface area contributed by atoms with E-state index in [9.17, 15) is 18.0 Å². The van der Waals surface area contributed by atoms with E-state index in [2.05, 4.69) is 10.3 Å². The first-order valence-electron chi connectivity index (χ1n) is 9.31. The van der Waals surface area contributed by atoms with Gasteiger partial charge >= 0.3 is 6.18 Å². The summed E-state index contributed by atoms with van der Waals surface area (Å²) >= 11 is 0. The van der Waals surface area contributed by atoms with Crippen LogP contribution in [-0.4, -0.2) is 22.6 Å². The summed E-state index contributed by atoms with van der Waals surface area (Å²) in [5, 5.41) is 3.44. The molecule has 3 nitrogen and oxygen atoms in total. The van der Waals surface area contributed by atoms with Gasteiger partial charge in [0.2, 0.25) is 0 Å². The average molecular weight is 380 g/mol. The molecule has 6 heteroatoms. The highest BCUT2D eigenvalue weighted by Gasteiger charge is 2.41. The quantitative estimate of drug-likeness (QED) is 0.658. The minimum Gasteiger partial charge on any atom is -0.346 e. The van der Waals surface area contributed by atoms with Crippen molar-refractivity contribution in [2.45, 2.75) is 65.1 Å². The van der Waals surface area contributed by atoms with E-state index in [-0.39, 0.29) is 17.9 Å². The number of aromatic nitrogens is 1. The number of pyridine rings is 1. The Labute approximate surface area is 158 Å². The van der Waals surface area contributed by atoms with Crippen molar-refractivity contribution in [2.24, 2.45) is 5.92 Å². The number of nitrogens with zero attached hydrogens (tertiary/aromatic N) is 1. The van der Waals surface area contributed by atoms with Crippen molar-refractivity contribution in [3.8, 4) is 0 Å². The molecule has 1 heterocycles. The number of hydrogen-bond acceptors (Lipinski definition) is 2. The molecule has 1 amide bonds. The van der Waals surface area contributed by atoms with Crippen LogP contribution in [0.4, 0.5) is 13.2 Å². The molecule has 0 bridgehead atoms. The van der Waals surface area contributed by atoms with E-state index in [0.717, 1.165) is 29.3 Å². The van der Waals surface area contributed by atoms with Gasteiger partial charge in [0.05, 0.1) is 17.5 Å². The van der Waals surface area contributed by atoms with Gasteiger partial charge in [-0.2, -0.15) is 13.2 Å². The standard InChI is InChI=1S/C21H27F3N2O/c1-5-15(6-2)11-20(4,13-21(22,23)24)26-19(27)17-10-16-9-7-8-14(3)18(16)25-12-17/h7-10,12,15H,5-6,11,13H2,1-4H3,(H,26,27). The van der Waals surface area contributed by atoms with Crippen LogP contribution in [-0.2, 0) is 0 Å². The second-order valence-corrected chi connectivity index (χ2v) is 7.56. The summed E-state index contributed by atoms with van der Waals surface area (Å²) in [5.74, 6) is -0.404. The lowest BCUT2D eigenvalue weighted by Gasteiger charge is -2.34. The maximum atomic E-state index is 13.2. The third kappa shape index (κ3) is 5.68. The predicted octanol–water partition coefficient (Wildman–Crippen LogP) is 5.81. The fourth-order valence-electron chi connectivity index (χ4n) is 3.61. The van der Waals surface area contributed by atoms with Crippen molar-refractivity contribution in [2.75, 3.05) is 0 Å². The molecule has 0 aliphatic rings. The smallest absolute Gasteiger partial charge is 0.346 e. The monoisotopic (exact) mass is 380 g/mol. The molecule has 1 N–H and O–H groups in total. The zero-order valence-electron chi connectivity index (χ0n) is 16.3. The van der Waals surface area contributed by atoms with Gasteiger partial charge in [-0.15, -0.1) is 0 Å². The van der Waals surface area contributed by atoms with Gasteiger partial charge in [0.15, 0.2) is 0 Å². The van der Waals surface area contributed by atoms with Gasteiger partial charge in [-0.25, -0.2) is 0 Å². The van der Waals surface area contributed by atoms with Gasteiger partial charge in [0, 0.05) is 17.1 Å². The lowest BCUT2D eigenvalue weighted by molar-refractivity contribution is -0.149. The van der Waals surface area contributed by atoms with E-state index in [0.29, 0.717) is 0 Å². The Hall–Kier alpha value is -2.11. The summed E-state index contributed by atoms with van der Waals surface area (Å²) in [5.41, 5.74) is 0.679. The topological polar surface area (TPSA) is 42.0 Å². The first-order chi connectivity index (χ1) is 12.6. The molecule has 0 saturated carbocycles. The lowest BCUT2D eigenvalue weighted by Crippen LogP contribution is -2.50. The molecule has 148 valence electrons. The zero-order valence-corrected chi connectivity index (χ0v) is 16.3. The number of para-hydroxylation sites is 1. The molecule has 0 spiro atoms. The Morgan fingerprint density at radius 2 is 1.89 bits per heavy atom. The number of carbonyl (C=O) groups is 1. The molecule has 0 aliphatic carbocycles. The molecule has 27 heavy (non-hydrogen) atoms. The molecule has 0 aliphatic heterocycles. The third-order valence-electron chi connectivity index (χ3n) is 5.07. The molecular weight excluding hydrogens is 353 g/mol. The summed E-state index contributed by atoms with van der Waals surface area (Å²) < 4.78 is 39.5. The van der Waals surface area contributed by atoms with Gasteiger partial charge in [0.1, 0.15) is 0 Å². The van der Waals surface area contributed by atoms with Crippen molar-refractivity contribution in [3.63, 3.8) is 0 Å². The van der Waals surface area contributed by atoms with E-state index < -0.39 is 24.0 Å². The van der Waals surface area contributed by atoms with Crippen molar-refractivity contribution in [3.05, 3.63) is 41.6 Å². The van der Waals surface area contributed by atoms with E-state index in [4.69, 9.17) is 0 Å². The number of benzene rings is 1. The number of rotatable bonds is 7. The van der Waals surface area contributed by atoms with Gasteiger partial charge in [-0.05, 0) is 37.8 Å². The Morgan fingerprint density at radius 1 is 1.22 bits per heavy atom. The van der Waals surface area contributed by atoms with Crippen LogP contribution < -0.4 is 5.32 Å². The van der Waals surface area contributed by atoms with Crippen LogP contribution in [0.15, 0.2) is 30.5 Å². The highest BCUT2D eigenvalue weighted by Crippen LogP contribution is 2.33. The molecule has 2 aromatic rings. The van der Waals surface area contributed by atoms with Crippen molar-refractivity contribution >= 4 is 16.8 Å². The van der Waals surface area contributed by atoms with Crippen LogP contribution in [0.3, 0.4) is 0 Å². The number of hydrogen-bond donors (Lipinski definition) is 1. The van der Waals surface area contributed by atoms with Crippen LogP contribution in [0.2, 0.25) is 0 Å². The van der Waals surface area contributed by atoms with E-state index in [1.807, 2.05) is 39.0 Å². The van der Waals surface area contributed by atoms with Crippen molar-refractivity contribution < 1.29 is 18.0 Å². The van der Waals surface area contributed by atoms with Gasteiger partial charge in [-0.1, -0.05) is 44.9 Å². The molecule has 1 atom stereocenters. The second-order valence-electron chi connectivity index (χ2n) is 7.56. The van der Waals surface area contributed by atoms with E-state index in [1.165, 1.54) is 13.1 Å². The number of aryl methyl sites for hydroxylation is 1. The molecule has 0 radical (unpaired) electrons. The number of alkyl halides is 3. The molecular formula is C21H27F3N2O. The van der Waals surface area contributed by atoms with Crippen LogP contribution in [0.5, 0.6) is 0 Å². The molecule has 1 unspecified atom stereocenters. The number of carbonyl (C=O) groups excluding carboxylic acids is 1. The number of fused-ring (bicyclic) bond motifs is 1. The first-order valence-corrected chi connectivity index (χ1v) is 9.31. The minimum absolute atomic E-state index is 0.120. The lowest BCUT2D eigenvalue weighted by atomic mass is 9.83. The number of nitrogens with one attached hydrogen (secondary N) is 1. The highest BCUT2D eigenvalue weighted by atomic mass is 19.4. The first kappa shape index (κ1) is 21.2. The summed E-state index contributed by atoms with van der Waals surface area (Å²) in [4.78, 5) is 17.0. The molecule has 2 rings (SSSR count). The minimum atomic E-state index is -4.35. The maximum Gasteiger partial charge on any atom is 0.391 e. The fourth-order valence-corrected chi connectivity index (χ4v) is 3.61. The Bertz CT molecular complexity index is 800. The number of halogens is 3. The SMILES string of the molecule is CCC(CC)CC(C)(CC(F)(F)F)NC(=O)c1cnc2c(C)cccc2c1. The number of amides is 1. The summed E-state index contributed by atoms with van der Waals surface area (Å²) in [6.07, 6.45) is -2.15. The van der Waals surface area contributed by atoms with Gasteiger partial charge < -0.3 is 5.32 Å². The highest BCUT2D eigenvalue weighted by molar-refractivity contribution is 5.98. The van der Waals surface area contributed by atoms with Crippen LogP contribution in [0.25, 0.3) is 10.9 Å². The fraction of sp³-hybridized carbons (Fsp3) is 0.524. The third-order valence-corrected chi connectivity index (χ3v) is 5.07. The van der Waals surface area contributed by atoms with Crippen molar-refractivity contribution in [1.82, 2.24) is 10.3 Å². The van der Waals surface area contributed by atoms with Crippen LogP contribution >= 0.6 is 0 Å². The molecule has 1 aromatic heterocycles. The van der Waals surface area contributed by atoms with Crippen LogP contribution in [0, 0.1) is 12.8 Å². The average Bonchev–Trinajstić information content (AvgIpc) is 2.58. The Kier molecular flexibility index (Phi) is 6.50. The zero-order chi connectivity index (χ0) is 20.2. The normalized spacial score (nSPS) is 14.4. The second kappa shape index (κ2) is 8.28. The molecule has 1 aromatic carbocycles. The Morgan fingerprint density at radius 3 is 2.48 bits per heavy atom. The van der Waals surface area contributed by atoms with Gasteiger partial charge in [0.25, 0.3) is 5.91 Å². The van der Waals surface area contributed by atoms with E-state index in [1.54, 1.807) is 6.07 Å². The van der Waals surface area contributed by atoms with Crippen LogP contribution in [0.1, 0.15) is 62.4 Å². The summed E-state index contributed by atoms with van der Waals surface area (Å²) in [7, 11) is 0. The van der Waals surface area contributed by atoms with Crippen molar-refractivity contribution in [1.29, 1.82) is 0 Å². The summed E-state index contributed by atoms with van der Waals surface area (Å²) in [6, 6.07) is 7.30. The van der Waals surface area contributed by atoms with E-state index >= 15 is 0 Å². The largest absolute Gasteiger partial charge is 0.391 e. The molecule has 0 saturated heterocycles.